The van der Waals surface area contributed by atoms with Gasteiger partial charge >= 0.3 is 6.09 Å². The molecule has 12 N–H and O–H groups in total. The van der Waals surface area contributed by atoms with Gasteiger partial charge in [-0.05, 0) is 44.1 Å². The molecule has 0 heterocycles. The molecule has 0 aliphatic rings. The van der Waals surface area contributed by atoms with Crippen molar-refractivity contribution in [3.63, 3.8) is 0 Å². The Morgan fingerprint density at radius 1 is 0.971 bits per heavy atom. The fraction of sp³-hybridized carbons (Fsp3) is 0.545. The van der Waals surface area contributed by atoms with Crippen molar-refractivity contribution in [2.75, 3.05) is 19.7 Å². The van der Waals surface area contributed by atoms with Crippen LogP contribution >= 0.6 is 0 Å². The molecule has 0 aliphatic carbocycles. The predicted molar refractivity (Wildman–Crippen MR) is 130 cm³/mol. The first-order chi connectivity index (χ1) is 16.2. The van der Waals surface area contributed by atoms with E-state index in [4.69, 9.17) is 28.3 Å². The minimum absolute atomic E-state index is 0.0873. The van der Waals surface area contributed by atoms with Gasteiger partial charge in [0.15, 0.2) is 5.96 Å². The van der Waals surface area contributed by atoms with Gasteiger partial charge in [-0.2, -0.15) is 0 Å². The van der Waals surface area contributed by atoms with E-state index in [-0.39, 0.29) is 24.5 Å². The van der Waals surface area contributed by atoms with Crippen LogP contribution in [0.3, 0.4) is 0 Å². The summed E-state index contributed by atoms with van der Waals surface area (Å²) in [7, 11) is 0. The van der Waals surface area contributed by atoms with Gasteiger partial charge in [0.25, 0.3) is 0 Å². The van der Waals surface area contributed by atoms with Gasteiger partial charge < -0.3 is 43.6 Å². The second-order valence-corrected chi connectivity index (χ2v) is 8.02. The van der Waals surface area contributed by atoms with E-state index in [1.807, 2.05) is 30.3 Å². The van der Waals surface area contributed by atoms with Crippen LogP contribution in [0.4, 0.5) is 4.79 Å². The van der Waals surface area contributed by atoms with E-state index in [0.717, 1.165) is 12.0 Å². The number of carbonyl (C=O) groups is 3. The Balaban J connectivity index is 2.66. The molecule has 1 aromatic rings. The highest BCUT2D eigenvalue weighted by Gasteiger charge is 2.24. The Hall–Kier alpha value is -3.38. The number of primary amides is 2. The predicted octanol–water partition coefficient (Wildman–Crippen LogP) is -0.986. The minimum Gasteiger partial charge on any atom is -0.450 e. The van der Waals surface area contributed by atoms with Gasteiger partial charge in [0.05, 0.1) is 12.6 Å². The summed E-state index contributed by atoms with van der Waals surface area (Å²) in [5.41, 5.74) is 22.8. The van der Waals surface area contributed by atoms with Gasteiger partial charge in [-0.25, -0.2) is 4.79 Å². The molecule has 0 saturated heterocycles. The summed E-state index contributed by atoms with van der Waals surface area (Å²) in [4.78, 5) is 35.5. The summed E-state index contributed by atoms with van der Waals surface area (Å²) >= 11 is 0. The first kappa shape index (κ1) is 28.7. The van der Waals surface area contributed by atoms with Gasteiger partial charge in [0.2, 0.25) is 11.8 Å². The fourth-order valence-corrected chi connectivity index (χ4v) is 3.27. The maximum Gasteiger partial charge on any atom is 0.404 e. The van der Waals surface area contributed by atoms with E-state index in [0.29, 0.717) is 45.2 Å². The summed E-state index contributed by atoms with van der Waals surface area (Å²) in [5.74, 6) is -1.08. The molecule has 12 heteroatoms. The maximum atomic E-state index is 13.0. The summed E-state index contributed by atoms with van der Waals surface area (Å²) in [6, 6.07) is 7.81. The number of nitrogens with one attached hydrogen (secondary N) is 4. The molecule has 0 unspecified atom stereocenters. The lowest BCUT2D eigenvalue weighted by Gasteiger charge is -2.23. The van der Waals surface area contributed by atoms with E-state index in [1.165, 1.54) is 0 Å². The lowest BCUT2D eigenvalue weighted by molar-refractivity contribution is -0.128. The third-order valence-corrected chi connectivity index (χ3v) is 5.08. The lowest BCUT2D eigenvalue weighted by Crippen LogP contribution is -2.54. The zero-order valence-corrected chi connectivity index (χ0v) is 19.4. The zero-order chi connectivity index (χ0) is 25.3. The number of amides is 3. The zero-order valence-electron chi connectivity index (χ0n) is 19.4. The number of ether oxygens (including phenoxy) is 1. The first-order valence-corrected chi connectivity index (χ1v) is 11.3. The molecular formula is C22H38N8O4. The molecule has 3 amide bonds. The van der Waals surface area contributed by atoms with Crippen LogP contribution in [0.25, 0.3) is 0 Å². The number of unbranched alkanes of at least 4 members (excludes halogenated alkanes) is 1. The summed E-state index contributed by atoms with van der Waals surface area (Å²) < 4.78 is 4.66. The highest BCUT2D eigenvalue weighted by atomic mass is 16.5. The van der Waals surface area contributed by atoms with Gasteiger partial charge in [-0.3, -0.25) is 15.0 Å². The molecule has 1 aromatic carbocycles. The second-order valence-electron chi connectivity index (χ2n) is 8.02. The fourth-order valence-electron chi connectivity index (χ4n) is 3.27. The van der Waals surface area contributed by atoms with E-state index >= 15 is 0 Å². The molecule has 0 bridgehead atoms. The Labute approximate surface area is 200 Å². The van der Waals surface area contributed by atoms with E-state index < -0.39 is 24.1 Å². The van der Waals surface area contributed by atoms with Crippen LogP contribution in [0.1, 0.15) is 37.7 Å². The first-order valence-electron chi connectivity index (χ1n) is 11.3. The molecule has 12 nitrogen and oxygen atoms in total. The topological polar surface area (TPSA) is 224 Å². The van der Waals surface area contributed by atoms with E-state index in [9.17, 15) is 14.4 Å². The summed E-state index contributed by atoms with van der Waals surface area (Å²) in [5, 5.41) is 15.8. The monoisotopic (exact) mass is 478 g/mol. The van der Waals surface area contributed by atoms with Crippen molar-refractivity contribution in [1.29, 1.82) is 5.41 Å². The SMILES string of the molecule is N=C(N)NCCC[C@@H](N)CN[C@@H](Cc1ccccc1)C(=O)N[C@@H](CCCCOC(N)=O)C(N)=O. The molecule has 0 radical (unpaired) electrons. The Morgan fingerprint density at radius 2 is 1.68 bits per heavy atom. The number of hydrogen-bond acceptors (Lipinski definition) is 7. The largest absolute Gasteiger partial charge is 0.450 e. The highest BCUT2D eigenvalue weighted by Crippen LogP contribution is 2.07. The van der Waals surface area contributed by atoms with Gasteiger partial charge in [-0.1, -0.05) is 30.3 Å². The smallest absolute Gasteiger partial charge is 0.404 e. The molecule has 1 rings (SSSR count). The van der Waals surface area contributed by atoms with E-state index in [2.05, 4.69) is 20.7 Å². The number of benzene rings is 1. The summed E-state index contributed by atoms with van der Waals surface area (Å²) in [6.45, 7) is 1.06. The van der Waals surface area contributed by atoms with Gasteiger partial charge in [0.1, 0.15) is 6.04 Å². The average molecular weight is 479 g/mol. The molecule has 0 fully saturated rings. The van der Waals surface area contributed by atoms with Crippen molar-refractivity contribution in [2.24, 2.45) is 22.9 Å². The minimum atomic E-state index is -0.858. The van der Waals surface area contributed by atoms with Crippen LogP contribution in [-0.2, 0) is 20.7 Å². The molecule has 190 valence electrons. The maximum absolute atomic E-state index is 13.0. The molecular weight excluding hydrogens is 440 g/mol. The number of hydrogen-bond donors (Lipinski definition) is 8. The van der Waals surface area contributed by atoms with Gasteiger partial charge in [-0.15, -0.1) is 0 Å². The van der Waals surface area contributed by atoms with E-state index in [1.54, 1.807) is 0 Å². The van der Waals surface area contributed by atoms with Crippen molar-refractivity contribution in [2.45, 2.75) is 56.7 Å². The van der Waals surface area contributed by atoms with Crippen LogP contribution in [0, 0.1) is 5.41 Å². The Morgan fingerprint density at radius 3 is 2.29 bits per heavy atom. The third kappa shape index (κ3) is 13.2. The number of rotatable bonds is 17. The molecule has 0 saturated carbocycles. The normalized spacial score (nSPS) is 13.3. The summed E-state index contributed by atoms with van der Waals surface area (Å²) in [6.07, 6.45) is 2.25. The van der Waals surface area contributed by atoms with Crippen LogP contribution in [0.15, 0.2) is 30.3 Å². The van der Waals surface area contributed by atoms with Crippen LogP contribution in [-0.4, -0.2) is 61.7 Å². The standard InChI is InChI=1S/C22H38N8O4/c23-16(9-6-11-28-21(25)26)14-29-18(13-15-7-2-1-3-8-15)20(32)30-17(19(24)31)10-4-5-12-34-22(27)33/h1-3,7-8,16-18,29H,4-6,9-14,23H2,(H2,24,31)(H2,27,33)(H,30,32)(H4,25,26,28)/t16-,17+,18+/m1/s1. The van der Waals surface area contributed by atoms with Gasteiger partial charge in [0, 0.05) is 19.1 Å². The van der Waals surface area contributed by atoms with Crippen molar-refractivity contribution >= 4 is 23.9 Å². The van der Waals surface area contributed by atoms with Crippen molar-refractivity contribution in [1.82, 2.24) is 16.0 Å². The van der Waals surface area contributed by atoms with Crippen molar-refractivity contribution in [3.05, 3.63) is 35.9 Å². The number of guanidine groups is 1. The quantitative estimate of drug-likeness (QED) is 0.0786. The highest BCUT2D eigenvalue weighted by molar-refractivity contribution is 5.89. The molecule has 0 spiro atoms. The number of carbonyl (C=O) groups excluding carboxylic acids is 3. The van der Waals surface area contributed by atoms with Crippen LogP contribution < -0.4 is 38.9 Å². The molecule has 0 aliphatic heterocycles. The molecule has 34 heavy (non-hydrogen) atoms. The Bertz CT molecular complexity index is 777. The van der Waals surface area contributed by atoms with Crippen molar-refractivity contribution in [3.8, 4) is 0 Å². The molecule has 3 atom stereocenters. The lowest BCUT2D eigenvalue weighted by atomic mass is 10.0. The third-order valence-electron chi connectivity index (χ3n) is 5.08. The van der Waals surface area contributed by atoms with Crippen LogP contribution in [0.5, 0.6) is 0 Å². The second kappa shape index (κ2) is 16.3. The Kier molecular flexibility index (Phi) is 13.7. The van der Waals surface area contributed by atoms with Crippen LogP contribution in [0.2, 0.25) is 0 Å². The average Bonchev–Trinajstić information content (AvgIpc) is 2.78. The van der Waals surface area contributed by atoms with Crippen molar-refractivity contribution < 1.29 is 19.1 Å². The number of nitrogens with two attached hydrogens (primary N) is 4. The molecule has 0 aromatic heterocycles.